The summed E-state index contributed by atoms with van der Waals surface area (Å²) in [6.07, 6.45) is 9.62. The number of nitrogens with zero attached hydrogens (tertiary/aromatic N) is 4. The molecule has 1 saturated heterocycles. The number of ether oxygens (including phenoxy) is 4. The predicted molar refractivity (Wildman–Crippen MR) is 210 cm³/mol. The summed E-state index contributed by atoms with van der Waals surface area (Å²) in [5.74, 6) is 0.757. The average molecular weight is 793 g/mol. The van der Waals surface area contributed by atoms with Crippen LogP contribution < -0.4 is 20.1 Å². The summed E-state index contributed by atoms with van der Waals surface area (Å²) in [7, 11) is 1.55. The number of halogens is 1. The van der Waals surface area contributed by atoms with E-state index in [1.165, 1.54) is 11.3 Å². The highest BCUT2D eigenvalue weighted by atomic mass is 35.5. The van der Waals surface area contributed by atoms with Crippen molar-refractivity contribution in [3.8, 4) is 22.9 Å². The number of hydrogen-bond donors (Lipinski definition) is 2. The van der Waals surface area contributed by atoms with E-state index in [1.54, 1.807) is 18.1 Å². The van der Waals surface area contributed by atoms with Crippen molar-refractivity contribution in [1.82, 2.24) is 20.2 Å². The van der Waals surface area contributed by atoms with Crippen LogP contribution in [0.2, 0.25) is 5.02 Å². The van der Waals surface area contributed by atoms with Gasteiger partial charge in [-0.2, -0.15) is 0 Å². The third kappa shape index (κ3) is 7.81. The van der Waals surface area contributed by atoms with Gasteiger partial charge in [0, 0.05) is 29.3 Å². The first-order valence-corrected chi connectivity index (χ1v) is 21.0. The number of amides is 2. The Labute approximate surface area is 329 Å². The normalized spacial score (nSPS) is 27.1. The van der Waals surface area contributed by atoms with Crippen molar-refractivity contribution in [1.29, 1.82) is 0 Å². The highest BCUT2D eigenvalue weighted by molar-refractivity contribution is 7.14. The highest BCUT2D eigenvalue weighted by Crippen LogP contribution is 2.54. The maximum Gasteiger partial charge on any atom is 0.408 e. The molecule has 55 heavy (non-hydrogen) atoms. The van der Waals surface area contributed by atoms with E-state index in [0.717, 1.165) is 69.3 Å². The molecule has 1 aromatic carbocycles. The predicted octanol–water partition coefficient (Wildman–Crippen LogP) is 7.68. The van der Waals surface area contributed by atoms with E-state index in [4.69, 9.17) is 45.5 Å². The first-order valence-electron chi connectivity index (χ1n) is 19.8. The lowest BCUT2D eigenvalue weighted by atomic mass is 10.0. The molecule has 2 bridgehead atoms. The standard InChI is InChI=1S/C40H49ClN6O7S/c1-22(2)42-38-44-29(21-55-38)28-18-32(26-15-16-31(51-3)33(41)34(26)43-28)52-25-17-30-35-46-40(37(49)54-35)19-23(40)11-7-5-4-6-8-14-27(36(48)47(30)20-25)45-39(50)53-24-12-9-10-13-24/h15-16,18,21-25,27,30H,4-14,17,19-20H2,1-3H3,(H,42,44)(H,45,50)/t23-,25-,27+,30+,40-/m1/s1. The topological polar surface area (TPSA) is 154 Å². The molecule has 2 N–H and O–H groups in total. The van der Waals surface area contributed by atoms with Crippen LogP contribution in [0.4, 0.5) is 9.93 Å². The van der Waals surface area contributed by atoms with Gasteiger partial charge >= 0.3 is 12.1 Å². The number of methoxy groups -OCH3 is 1. The monoisotopic (exact) mass is 792 g/mol. The van der Waals surface area contributed by atoms with Crippen LogP contribution in [-0.4, -0.2) is 88.3 Å². The molecule has 8 rings (SSSR count). The third-order valence-corrected chi connectivity index (χ3v) is 12.7. The minimum absolute atomic E-state index is 0.138. The van der Waals surface area contributed by atoms with Crippen molar-refractivity contribution in [2.45, 2.75) is 133 Å². The van der Waals surface area contributed by atoms with Crippen molar-refractivity contribution < 1.29 is 33.3 Å². The molecule has 3 aliphatic heterocycles. The largest absolute Gasteiger partial charge is 0.495 e. The van der Waals surface area contributed by atoms with Crippen LogP contribution in [0, 0.1) is 5.92 Å². The van der Waals surface area contributed by atoms with Gasteiger partial charge in [-0.3, -0.25) is 4.79 Å². The van der Waals surface area contributed by atoms with Gasteiger partial charge in [-0.15, -0.1) is 11.3 Å². The summed E-state index contributed by atoms with van der Waals surface area (Å²) < 4.78 is 24.1. The van der Waals surface area contributed by atoms with Crippen molar-refractivity contribution in [2.75, 3.05) is 19.0 Å². The molecule has 13 nitrogen and oxygen atoms in total. The number of nitrogens with one attached hydrogen (secondary N) is 2. The van der Waals surface area contributed by atoms with E-state index >= 15 is 0 Å². The quantitative estimate of drug-likeness (QED) is 0.217. The number of aromatic nitrogens is 2. The Kier molecular flexibility index (Phi) is 10.8. The number of carbonyl (C=O) groups excluding carboxylic acids is 3. The van der Waals surface area contributed by atoms with Crippen LogP contribution in [0.15, 0.2) is 28.6 Å². The number of alkyl carbamates (subject to hydrolysis) is 1. The van der Waals surface area contributed by atoms with E-state index in [-0.39, 0.29) is 42.4 Å². The number of aliphatic imine (C=N–C) groups is 1. The third-order valence-electron chi connectivity index (χ3n) is 11.5. The zero-order valence-electron chi connectivity index (χ0n) is 31.6. The molecule has 2 saturated carbocycles. The lowest BCUT2D eigenvalue weighted by Crippen LogP contribution is -2.52. The molecule has 0 radical (unpaired) electrons. The second-order valence-electron chi connectivity index (χ2n) is 15.8. The van der Waals surface area contributed by atoms with Gasteiger partial charge in [0.25, 0.3) is 0 Å². The fourth-order valence-corrected chi connectivity index (χ4v) is 9.67. The molecule has 5 aliphatic rings. The van der Waals surface area contributed by atoms with Gasteiger partial charge < -0.3 is 34.5 Å². The SMILES string of the molecule is COc1ccc2c(O[C@@H]3C[C@H]4C5=N[C@@]6(C[C@H]6CCCCCCC[C@H](NC(=O)OC6CCCC6)C(=O)N4C3)C(=O)O5)cc(-c3csc(NC(C)C)n3)nc2c1Cl. The van der Waals surface area contributed by atoms with Crippen molar-refractivity contribution in [2.24, 2.45) is 10.9 Å². The molecule has 15 heteroatoms. The average Bonchev–Trinajstić information content (AvgIpc) is 3.70. The lowest BCUT2D eigenvalue weighted by molar-refractivity contribution is -0.138. The number of benzene rings is 1. The second-order valence-corrected chi connectivity index (χ2v) is 17.1. The Morgan fingerprint density at radius 1 is 1.00 bits per heavy atom. The molecule has 5 atom stereocenters. The van der Waals surface area contributed by atoms with Crippen LogP contribution in [0.3, 0.4) is 0 Å². The molecular formula is C40H49ClN6O7S. The van der Waals surface area contributed by atoms with Gasteiger partial charge in [-0.25, -0.2) is 24.5 Å². The van der Waals surface area contributed by atoms with Crippen molar-refractivity contribution in [3.63, 3.8) is 0 Å². The summed E-state index contributed by atoms with van der Waals surface area (Å²) in [5.41, 5.74) is 0.845. The Hall–Kier alpha value is -4.17. The number of hydrogen-bond acceptors (Lipinski definition) is 12. The van der Waals surface area contributed by atoms with E-state index in [0.29, 0.717) is 58.1 Å². The van der Waals surface area contributed by atoms with Crippen LogP contribution in [0.25, 0.3) is 22.3 Å². The molecule has 2 aliphatic carbocycles. The van der Waals surface area contributed by atoms with Crippen LogP contribution >= 0.6 is 22.9 Å². The summed E-state index contributed by atoms with van der Waals surface area (Å²) in [6, 6.07) is 4.19. The minimum Gasteiger partial charge on any atom is -0.495 e. The number of thiazole rings is 1. The fraction of sp³-hybridized carbons (Fsp3) is 0.600. The summed E-state index contributed by atoms with van der Waals surface area (Å²) in [5, 5.41) is 9.97. The number of rotatable bonds is 8. The van der Waals surface area contributed by atoms with Gasteiger partial charge in [-0.1, -0.05) is 43.7 Å². The van der Waals surface area contributed by atoms with Crippen LogP contribution in [-0.2, 0) is 19.1 Å². The summed E-state index contributed by atoms with van der Waals surface area (Å²) in [4.78, 5) is 57.6. The molecule has 0 unspecified atom stereocenters. The van der Waals surface area contributed by atoms with Gasteiger partial charge in [0.2, 0.25) is 11.8 Å². The van der Waals surface area contributed by atoms with E-state index < -0.39 is 29.8 Å². The number of carbonyl (C=O) groups is 3. The van der Waals surface area contributed by atoms with Gasteiger partial charge in [0.15, 0.2) is 10.7 Å². The number of anilines is 1. The number of fused-ring (bicyclic) bond motifs is 3. The Morgan fingerprint density at radius 3 is 2.55 bits per heavy atom. The molecule has 294 valence electrons. The van der Waals surface area contributed by atoms with Gasteiger partial charge in [0.05, 0.1) is 24.9 Å². The zero-order valence-corrected chi connectivity index (χ0v) is 33.2. The molecular weight excluding hydrogens is 744 g/mol. The molecule has 2 aromatic heterocycles. The minimum atomic E-state index is -0.866. The molecule has 3 aromatic rings. The van der Waals surface area contributed by atoms with Crippen LogP contribution in [0.5, 0.6) is 11.5 Å². The fourth-order valence-electron chi connectivity index (χ4n) is 8.54. The van der Waals surface area contributed by atoms with Crippen molar-refractivity contribution in [3.05, 3.63) is 28.6 Å². The second kappa shape index (κ2) is 15.8. The maximum atomic E-state index is 14.7. The Morgan fingerprint density at radius 2 is 1.76 bits per heavy atom. The smallest absolute Gasteiger partial charge is 0.408 e. The molecule has 2 amide bonds. The van der Waals surface area contributed by atoms with E-state index in [9.17, 15) is 14.4 Å². The van der Waals surface area contributed by atoms with Gasteiger partial charge in [0.1, 0.15) is 46.5 Å². The Bertz CT molecular complexity index is 1980. The first kappa shape index (κ1) is 37.7. The summed E-state index contributed by atoms with van der Waals surface area (Å²) >= 11 is 8.34. The highest BCUT2D eigenvalue weighted by Gasteiger charge is 2.65. The van der Waals surface area contributed by atoms with Gasteiger partial charge in [-0.05, 0) is 76.8 Å². The number of esters is 1. The number of pyridine rings is 1. The molecule has 1 spiro atoms. The Balaban J connectivity index is 1.12. The van der Waals surface area contributed by atoms with Crippen LogP contribution in [0.1, 0.15) is 97.3 Å². The van der Waals surface area contributed by atoms with E-state index in [1.807, 2.05) is 17.5 Å². The van der Waals surface area contributed by atoms with Crippen molar-refractivity contribution >= 4 is 62.8 Å². The zero-order chi connectivity index (χ0) is 38.3. The summed E-state index contributed by atoms with van der Waals surface area (Å²) in [6.45, 7) is 4.28. The first-order chi connectivity index (χ1) is 26.6. The molecule has 3 fully saturated rings. The van der Waals surface area contributed by atoms with E-state index in [2.05, 4.69) is 24.5 Å². The lowest BCUT2D eigenvalue weighted by Gasteiger charge is -2.28. The molecule has 5 heterocycles. The maximum absolute atomic E-state index is 14.7.